The Morgan fingerprint density at radius 3 is 1.33 bits per heavy atom. The minimum absolute atomic E-state index is 1.21. The molecule has 76 valence electrons. The molecule has 15 heavy (non-hydrogen) atoms. The van der Waals surface area contributed by atoms with Crippen molar-refractivity contribution in [2.45, 2.75) is 0 Å². The van der Waals surface area contributed by atoms with Gasteiger partial charge >= 0.3 is 90.9 Å². The number of benzene rings is 2. The standard InChI is InChI=1S/C14H15P/c1-3-7-13(8-4-1)15(11-12-15)14-9-5-2-6-10-14/h1-10,15H,11-12H2. The van der Waals surface area contributed by atoms with Crippen LogP contribution in [0.2, 0.25) is 0 Å². The molecule has 0 spiro atoms. The van der Waals surface area contributed by atoms with Crippen molar-refractivity contribution in [1.29, 1.82) is 0 Å². The molecule has 0 aromatic heterocycles. The van der Waals surface area contributed by atoms with Crippen molar-refractivity contribution < 1.29 is 0 Å². The third-order valence-corrected chi connectivity index (χ3v) is 7.78. The van der Waals surface area contributed by atoms with Crippen molar-refractivity contribution in [1.82, 2.24) is 0 Å². The second-order valence-corrected chi connectivity index (χ2v) is 8.63. The maximum atomic E-state index is 2.31. The van der Waals surface area contributed by atoms with Crippen LogP contribution in [0.25, 0.3) is 0 Å². The summed E-state index contributed by atoms with van der Waals surface area (Å²) in [6.45, 7) is 0. The van der Waals surface area contributed by atoms with Gasteiger partial charge in [-0.3, -0.25) is 0 Å². The molecule has 1 heteroatoms. The molecule has 0 nitrogen and oxygen atoms in total. The summed E-state index contributed by atoms with van der Waals surface area (Å²) in [6, 6.07) is 22.2. The summed E-state index contributed by atoms with van der Waals surface area (Å²) < 4.78 is 0. The molecular weight excluding hydrogens is 199 g/mol. The Kier molecular flexibility index (Phi) is 2.11. The quantitative estimate of drug-likeness (QED) is 0.673. The average Bonchev–Trinajstić information content (AvgIpc) is 3.13. The molecule has 1 saturated heterocycles. The molecule has 1 heterocycles. The first-order valence-electron chi connectivity index (χ1n) is 5.53. The van der Waals surface area contributed by atoms with E-state index in [0.29, 0.717) is 0 Å². The summed E-state index contributed by atoms with van der Waals surface area (Å²) in [5.74, 6) is 0. The molecule has 0 radical (unpaired) electrons. The molecular formula is C14H15P. The van der Waals surface area contributed by atoms with E-state index in [2.05, 4.69) is 60.7 Å². The molecule has 0 saturated carbocycles. The Balaban J connectivity index is 2.06. The predicted octanol–water partition coefficient (Wildman–Crippen LogP) is 2.40. The van der Waals surface area contributed by atoms with Crippen LogP contribution < -0.4 is 10.6 Å². The van der Waals surface area contributed by atoms with Gasteiger partial charge in [0, 0.05) is 0 Å². The molecule has 1 fully saturated rings. The first kappa shape index (κ1) is 9.12. The first-order chi connectivity index (χ1) is 7.42. The summed E-state index contributed by atoms with van der Waals surface area (Å²) in [5.41, 5.74) is 0. The topological polar surface area (TPSA) is 0 Å². The molecule has 1 aliphatic heterocycles. The summed E-state index contributed by atoms with van der Waals surface area (Å²) >= 11 is 0. The van der Waals surface area contributed by atoms with Gasteiger partial charge in [0.2, 0.25) is 0 Å². The van der Waals surface area contributed by atoms with E-state index in [1.807, 2.05) is 0 Å². The van der Waals surface area contributed by atoms with E-state index in [9.17, 15) is 0 Å². The summed E-state index contributed by atoms with van der Waals surface area (Å²) in [4.78, 5) is 0. The van der Waals surface area contributed by atoms with E-state index in [1.165, 1.54) is 12.3 Å². The van der Waals surface area contributed by atoms with Crippen molar-refractivity contribution in [3.63, 3.8) is 0 Å². The van der Waals surface area contributed by atoms with Gasteiger partial charge < -0.3 is 0 Å². The van der Waals surface area contributed by atoms with Gasteiger partial charge in [-0.05, 0) is 0 Å². The van der Waals surface area contributed by atoms with Crippen LogP contribution in [0, 0.1) is 0 Å². The van der Waals surface area contributed by atoms with Crippen LogP contribution in [0.3, 0.4) is 0 Å². The van der Waals surface area contributed by atoms with Crippen LogP contribution in [0.15, 0.2) is 60.7 Å². The summed E-state index contributed by atoms with van der Waals surface area (Å²) in [5, 5.41) is 3.22. The van der Waals surface area contributed by atoms with Crippen molar-refractivity contribution in [2.24, 2.45) is 0 Å². The normalized spacial score (nSPS) is 19.5. The van der Waals surface area contributed by atoms with E-state index in [-0.39, 0.29) is 0 Å². The van der Waals surface area contributed by atoms with Crippen molar-refractivity contribution >= 4 is 17.9 Å². The van der Waals surface area contributed by atoms with E-state index < -0.39 is 7.26 Å². The molecule has 0 unspecified atom stereocenters. The van der Waals surface area contributed by atoms with Crippen LogP contribution in [0.4, 0.5) is 0 Å². The predicted molar refractivity (Wildman–Crippen MR) is 70.2 cm³/mol. The van der Waals surface area contributed by atoms with E-state index in [0.717, 1.165) is 0 Å². The van der Waals surface area contributed by atoms with Crippen LogP contribution in [0.5, 0.6) is 0 Å². The zero-order valence-electron chi connectivity index (χ0n) is 8.69. The summed E-state index contributed by atoms with van der Waals surface area (Å²) in [7, 11) is -1.21. The van der Waals surface area contributed by atoms with Crippen molar-refractivity contribution in [3.05, 3.63) is 60.7 Å². The van der Waals surface area contributed by atoms with Crippen LogP contribution in [-0.4, -0.2) is 12.3 Å². The molecule has 0 aliphatic carbocycles. The molecule has 1 aliphatic rings. The third-order valence-electron chi connectivity index (χ3n) is 3.40. The van der Waals surface area contributed by atoms with Gasteiger partial charge in [-0.1, -0.05) is 0 Å². The Hall–Kier alpha value is -1.13. The zero-order chi connectivity index (χ0) is 10.1. The van der Waals surface area contributed by atoms with Gasteiger partial charge in [-0.2, -0.15) is 0 Å². The number of hydrogen-bond acceptors (Lipinski definition) is 0. The average molecular weight is 214 g/mol. The number of rotatable bonds is 2. The van der Waals surface area contributed by atoms with Gasteiger partial charge in [-0.15, -0.1) is 0 Å². The summed E-state index contributed by atoms with van der Waals surface area (Å²) in [6.07, 6.45) is 2.86. The monoisotopic (exact) mass is 214 g/mol. The molecule has 0 atom stereocenters. The molecule has 2 aromatic carbocycles. The fourth-order valence-electron chi connectivity index (χ4n) is 2.38. The second kappa shape index (κ2) is 3.47. The van der Waals surface area contributed by atoms with E-state index >= 15 is 0 Å². The van der Waals surface area contributed by atoms with Gasteiger partial charge in [-0.25, -0.2) is 0 Å². The molecule has 2 aromatic rings. The van der Waals surface area contributed by atoms with Crippen molar-refractivity contribution in [2.75, 3.05) is 12.3 Å². The maximum absolute atomic E-state index is 2.31. The molecule has 0 amide bonds. The molecule has 3 rings (SSSR count). The van der Waals surface area contributed by atoms with Crippen molar-refractivity contribution in [3.8, 4) is 0 Å². The zero-order valence-corrected chi connectivity index (χ0v) is 9.69. The third kappa shape index (κ3) is 1.50. The van der Waals surface area contributed by atoms with Gasteiger partial charge in [0.1, 0.15) is 0 Å². The molecule has 0 bridgehead atoms. The first-order valence-corrected chi connectivity index (χ1v) is 7.94. The second-order valence-electron chi connectivity index (χ2n) is 4.31. The van der Waals surface area contributed by atoms with Gasteiger partial charge in [0.05, 0.1) is 0 Å². The van der Waals surface area contributed by atoms with Crippen LogP contribution in [0.1, 0.15) is 0 Å². The van der Waals surface area contributed by atoms with Crippen LogP contribution >= 0.6 is 7.26 Å². The number of hydrogen-bond donors (Lipinski definition) is 0. The SMILES string of the molecule is c1ccc([PH]2(c3ccccc3)CC2)cc1. The fraction of sp³-hybridized carbons (Fsp3) is 0.143. The Bertz CT molecular complexity index is 402. The Labute approximate surface area is 91.3 Å². The van der Waals surface area contributed by atoms with E-state index in [1.54, 1.807) is 10.6 Å². The van der Waals surface area contributed by atoms with Gasteiger partial charge in [0.25, 0.3) is 0 Å². The minimum atomic E-state index is -1.21. The van der Waals surface area contributed by atoms with Crippen LogP contribution in [-0.2, 0) is 0 Å². The van der Waals surface area contributed by atoms with Gasteiger partial charge in [0.15, 0.2) is 0 Å². The Morgan fingerprint density at radius 2 is 1.00 bits per heavy atom. The Morgan fingerprint density at radius 1 is 0.600 bits per heavy atom. The fourth-order valence-corrected chi connectivity index (χ4v) is 6.53. The molecule has 0 N–H and O–H groups in total. The van der Waals surface area contributed by atoms with E-state index in [4.69, 9.17) is 0 Å².